The fourth-order valence-electron chi connectivity index (χ4n) is 2.22. The highest BCUT2D eigenvalue weighted by Crippen LogP contribution is 2.06. The normalized spacial score (nSPS) is 20.6. The lowest BCUT2D eigenvalue weighted by Gasteiger charge is -2.31. The third-order valence-corrected chi connectivity index (χ3v) is 3.17. The van der Waals surface area contributed by atoms with Crippen LogP contribution in [0.4, 0.5) is 5.69 Å². The lowest BCUT2D eigenvalue weighted by atomic mass is 10.2. The fraction of sp³-hybridized carbons (Fsp3) is 0.500. The van der Waals surface area contributed by atoms with Crippen LogP contribution < -0.4 is 10.6 Å². The Hall–Kier alpha value is -1.39. The molecule has 0 bridgehead atoms. The van der Waals surface area contributed by atoms with Crippen molar-refractivity contribution >= 4 is 11.6 Å². The first-order valence-corrected chi connectivity index (χ1v) is 6.54. The van der Waals surface area contributed by atoms with E-state index in [9.17, 15) is 4.79 Å². The lowest BCUT2D eigenvalue weighted by molar-refractivity contribution is -0.116. The van der Waals surface area contributed by atoms with Gasteiger partial charge in [-0.15, -0.1) is 0 Å². The van der Waals surface area contributed by atoms with Crippen molar-refractivity contribution in [2.45, 2.75) is 19.4 Å². The van der Waals surface area contributed by atoms with Crippen LogP contribution >= 0.6 is 0 Å². The number of hydrogen-bond donors (Lipinski definition) is 2. The van der Waals surface area contributed by atoms with Crippen molar-refractivity contribution in [3.8, 4) is 0 Å². The van der Waals surface area contributed by atoms with E-state index in [0.29, 0.717) is 12.5 Å². The number of carbonyl (C=O) groups excluding carboxylic acids is 1. The molecule has 0 saturated carbocycles. The van der Waals surface area contributed by atoms with E-state index in [2.05, 4.69) is 22.5 Å². The van der Waals surface area contributed by atoms with Crippen LogP contribution in [0.15, 0.2) is 30.3 Å². The number of piperazine rings is 1. The summed E-state index contributed by atoms with van der Waals surface area (Å²) in [5.41, 5.74) is 0.871. The highest BCUT2D eigenvalue weighted by Gasteiger charge is 2.15. The number of anilines is 1. The molecule has 0 unspecified atom stereocenters. The molecule has 1 aliphatic rings. The van der Waals surface area contributed by atoms with Gasteiger partial charge in [0.1, 0.15) is 0 Å². The van der Waals surface area contributed by atoms with Crippen molar-refractivity contribution < 1.29 is 4.79 Å². The molecule has 0 aliphatic carbocycles. The molecule has 0 spiro atoms. The summed E-state index contributed by atoms with van der Waals surface area (Å²) in [6, 6.07) is 10.1. The second-order valence-corrected chi connectivity index (χ2v) is 4.82. The topological polar surface area (TPSA) is 44.4 Å². The molecule has 0 radical (unpaired) electrons. The Kier molecular flexibility index (Phi) is 4.73. The maximum Gasteiger partial charge on any atom is 0.225 e. The molecule has 1 aliphatic heterocycles. The standard InChI is InChI=1S/C14H21N3O/c1-12-11-17(10-8-15-12)9-7-14(18)16-13-5-3-2-4-6-13/h2-6,12,15H,7-11H2,1H3,(H,16,18)/t12-/m1/s1. The minimum atomic E-state index is 0.0902. The average Bonchev–Trinajstić information content (AvgIpc) is 2.38. The van der Waals surface area contributed by atoms with E-state index in [0.717, 1.165) is 31.9 Å². The molecule has 18 heavy (non-hydrogen) atoms. The number of nitrogens with one attached hydrogen (secondary N) is 2. The van der Waals surface area contributed by atoms with Gasteiger partial charge in [-0.1, -0.05) is 18.2 Å². The Morgan fingerprint density at radius 3 is 2.94 bits per heavy atom. The summed E-state index contributed by atoms with van der Waals surface area (Å²) in [7, 11) is 0. The average molecular weight is 247 g/mol. The molecule has 2 N–H and O–H groups in total. The summed E-state index contributed by atoms with van der Waals surface area (Å²) >= 11 is 0. The van der Waals surface area contributed by atoms with Gasteiger partial charge in [-0.2, -0.15) is 0 Å². The Bertz CT molecular complexity index is 380. The zero-order valence-electron chi connectivity index (χ0n) is 10.9. The van der Waals surface area contributed by atoms with Crippen LogP contribution in [0.25, 0.3) is 0 Å². The molecule has 1 amide bonds. The summed E-state index contributed by atoms with van der Waals surface area (Å²) in [4.78, 5) is 14.1. The van der Waals surface area contributed by atoms with E-state index in [1.807, 2.05) is 30.3 Å². The number of amides is 1. The third kappa shape index (κ3) is 4.13. The zero-order valence-corrected chi connectivity index (χ0v) is 10.9. The van der Waals surface area contributed by atoms with Crippen molar-refractivity contribution in [3.05, 3.63) is 30.3 Å². The minimum absolute atomic E-state index is 0.0902. The number of carbonyl (C=O) groups is 1. The smallest absolute Gasteiger partial charge is 0.225 e. The zero-order chi connectivity index (χ0) is 12.8. The lowest BCUT2D eigenvalue weighted by Crippen LogP contribution is -2.49. The quantitative estimate of drug-likeness (QED) is 0.843. The molecule has 4 nitrogen and oxygen atoms in total. The van der Waals surface area contributed by atoms with Crippen LogP contribution in [-0.4, -0.2) is 43.0 Å². The summed E-state index contributed by atoms with van der Waals surface area (Å²) in [5.74, 6) is 0.0902. The van der Waals surface area contributed by atoms with E-state index >= 15 is 0 Å². The molecule has 2 rings (SSSR count). The van der Waals surface area contributed by atoms with E-state index in [4.69, 9.17) is 0 Å². The van der Waals surface area contributed by atoms with Crippen LogP contribution in [0.5, 0.6) is 0 Å². The van der Waals surface area contributed by atoms with Crippen molar-refractivity contribution in [1.29, 1.82) is 0 Å². The number of rotatable bonds is 4. The third-order valence-electron chi connectivity index (χ3n) is 3.17. The molecule has 1 aromatic carbocycles. The van der Waals surface area contributed by atoms with Crippen LogP contribution in [-0.2, 0) is 4.79 Å². The molecular formula is C14H21N3O. The Labute approximate surface area is 108 Å². The number of nitrogens with zero attached hydrogens (tertiary/aromatic N) is 1. The summed E-state index contributed by atoms with van der Waals surface area (Å²) in [6.07, 6.45) is 0.557. The number of para-hydroxylation sites is 1. The SMILES string of the molecule is C[C@@H]1CN(CCC(=O)Nc2ccccc2)CCN1. The highest BCUT2D eigenvalue weighted by atomic mass is 16.1. The fourth-order valence-corrected chi connectivity index (χ4v) is 2.22. The van der Waals surface area contributed by atoms with E-state index in [1.165, 1.54) is 0 Å². The van der Waals surface area contributed by atoms with Crippen LogP contribution in [0.3, 0.4) is 0 Å². The van der Waals surface area contributed by atoms with Crippen LogP contribution in [0.2, 0.25) is 0 Å². The first-order chi connectivity index (χ1) is 8.74. The predicted molar refractivity (Wildman–Crippen MR) is 73.6 cm³/mol. The maximum atomic E-state index is 11.8. The van der Waals surface area contributed by atoms with E-state index < -0.39 is 0 Å². The van der Waals surface area contributed by atoms with Gasteiger partial charge in [0.2, 0.25) is 5.91 Å². The first kappa shape index (κ1) is 13.1. The second-order valence-electron chi connectivity index (χ2n) is 4.82. The molecule has 1 atom stereocenters. The van der Waals surface area contributed by atoms with Gasteiger partial charge in [0.25, 0.3) is 0 Å². The van der Waals surface area contributed by atoms with Gasteiger partial charge in [0.05, 0.1) is 0 Å². The van der Waals surface area contributed by atoms with Crippen LogP contribution in [0.1, 0.15) is 13.3 Å². The molecular weight excluding hydrogens is 226 g/mol. The van der Waals surface area contributed by atoms with Gasteiger partial charge in [0.15, 0.2) is 0 Å². The molecule has 1 aromatic rings. The van der Waals surface area contributed by atoms with E-state index in [-0.39, 0.29) is 5.91 Å². The molecule has 98 valence electrons. The Balaban J connectivity index is 1.71. The molecule has 1 heterocycles. The number of benzene rings is 1. The minimum Gasteiger partial charge on any atom is -0.326 e. The van der Waals surface area contributed by atoms with Crippen LogP contribution in [0, 0.1) is 0 Å². The molecule has 1 fully saturated rings. The first-order valence-electron chi connectivity index (χ1n) is 6.54. The van der Waals surface area contributed by atoms with Crippen molar-refractivity contribution in [3.63, 3.8) is 0 Å². The maximum absolute atomic E-state index is 11.8. The Morgan fingerprint density at radius 1 is 1.44 bits per heavy atom. The van der Waals surface area contributed by atoms with Gasteiger partial charge in [-0.25, -0.2) is 0 Å². The monoisotopic (exact) mass is 247 g/mol. The van der Waals surface area contributed by atoms with Crippen molar-refractivity contribution in [2.24, 2.45) is 0 Å². The largest absolute Gasteiger partial charge is 0.326 e. The summed E-state index contributed by atoms with van der Waals surface area (Å²) < 4.78 is 0. The summed E-state index contributed by atoms with van der Waals surface area (Å²) in [5, 5.41) is 6.31. The van der Waals surface area contributed by atoms with Gasteiger partial charge < -0.3 is 15.5 Å². The number of hydrogen-bond acceptors (Lipinski definition) is 3. The van der Waals surface area contributed by atoms with Crippen molar-refractivity contribution in [2.75, 3.05) is 31.5 Å². The van der Waals surface area contributed by atoms with Gasteiger partial charge in [0, 0.05) is 44.3 Å². The van der Waals surface area contributed by atoms with Crippen molar-refractivity contribution in [1.82, 2.24) is 10.2 Å². The Morgan fingerprint density at radius 2 is 2.22 bits per heavy atom. The molecule has 1 saturated heterocycles. The van der Waals surface area contributed by atoms with Gasteiger partial charge in [-0.05, 0) is 19.1 Å². The predicted octanol–water partition coefficient (Wildman–Crippen LogP) is 1.31. The molecule has 4 heteroatoms. The summed E-state index contributed by atoms with van der Waals surface area (Å²) in [6.45, 7) is 6.09. The molecule has 0 aromatic heterocycles. The van der Waals surface area contributed by atoms with E-state index in [1.54, 1.807) is 0 Å². The second kappa shape index (κ2) is 6.52. The highest BCUT2D eigenvalue weighted by molar-refractivity contribution is 5.90. The van der Waals surface area contributed by atoms with Gasteiger partial charge >= 0.3 is 0 Å². The van der Waals surface area contributed by atoms with Gasteiger partial charge in [-0.3, -0.25) is 4.79 Å².